The maximum absolute atomic E-state index is 12.9. The van der Waals surface area contributed by atoms with Gasteiger partial charge in [-0.3, -0.25) is 9.59 Å². The van der Waals surface area contributed by atoms with E-state index in [1.54, 1.807) is 6.20 Å². The minimum absolute atomic E-state index is 0.00677. The van der Waals surface area contributed by atoms with Crippen LogP contribution < -0.4 is 10.1 Å². The zero-order valence-corrected chi connectivity index (χ0v) is 17.0. The molecule has 4 rings (SSSR count). The molecule has 2 amide bonds. The van der Waals surface area contributed by atoms with E-state index in [2.05, 4.69) is 10.4 Å². The molecule has 0 saturated carbocycles. The van der Waals surface area contributed by atoms with E-state index in [4.69, 9.17) is 4.74 Å². The summed E-state index contributed by atoms with van der Waals surface area (Å²) < 4.78 is 7.75. The first-order chi connectivity index (χ1) is 14.0. The number of rotatable bonds is 5. The molecule has 1 saturated heterocycles. The molecule has 154 valence electrons. The lowest BCUT2D eigenvalue weighted by Gasteiger charge is -2.33. The molecule has 1 N–H and O–H groups in total. The summed E-state index contributed by atoms with van der Waals surface area (Å²) in [7, 11) is 0. The molecule has 2 aliphatic heterocycles. The fourth-order valence-electron chi connectivity index (χ4n) is 4.12. The van der Waals surface area contributed by atoms with Crippen molar-refractivity contribution in [3.05, 3.63) is 42.1 Å². The molecule has 29 heavy (non-hydrogen) atoms. The van der Waals surface area contributed by atoms with Gasteiger partial charge in [0.1, 0.15) is 11.6 Å². The van der Waals surface area contributed by atoms with Crippen molar-refractivity contribution in [2.75, 3.05) is 18.4 Å². The molecule has 1 atom stereocenters. The first-order valence-corrected chi connectivity index (χ1v) is 10.4. The Morgan fingerprint density at radius 1 is 1.21 bits per heavy atom. The summed E-state index contributed by atoms with van der Waals surface area (Å²) in [4.78, 5) is 26.9. The summed E-state index contributed by atoms with van der Waals surface area (Å²) >= 11 is 0. The van der Waals surface area contributed by atoms with Crippen LogP contribution in [0.5, 0.6) is 5.75 Å². The summed E-state index contributed by atoms with van der Waals surface area (Å²) in [6, 6.07) is 9.84. The zero-order chi connectivity index (χ0) is 20.4. The van der Waals surface area contributed by atoms with Crippen LogP contribution in [0.3, 0.4) is 0 Å². The maximum Gasteiger partial charge on any atom is 0.263 e. The Labute approximate surface area is 171 Å². The van der Waals surface area contributed by atoms with Gasteiger partial charge in [0.15, 0.2) is 6.10 Å². The van der Waals surface area contributed by atoms with Crippen LogP contribution in [-0.2, 0) is 16.0 Å². The van der Waals surface area contributed by atoms with Crippen LogP contribution in [0.4, 0.5) is 5.82 Å². The first-order valence-electron chi connectivity index (χ1n) is 10.4. The standard InChI is InChI=1S/C22H28N4O3/c1-15(2)13-21(27)24-20-7-10-23-26(20)17-8-11-25(12-9-17)22(28)19-14-16-5-3-4-6-18(16)29-19/h3-7,10,15,17,19H,8-9,11-14H2,1-2H3,(H,24,27). The summed E-state index contributed by atoms with van der Waals surface area (Å²) in [5.74, 6) is 1.93. The van der Waals surface area contributed by atoms with Gasteiger partial charge in [-0.05, 0) is 30.4 Å². The number of benzene rings is 1. The summed E-state index contributed by atoms with van der Waals surface area (Å²) in [6.07, 6.45) is 4.04. The van der Waals surface area contributed by atoms with Crippen molar-refractivity contribution in [2.45, 2.75) is 51.7 Å². The van der Waals surface area contributed by atoms with Crippen LogP contribution in [-0.4, -0.2) is 45.7 Å². The van der Waals surface area contributed by atoms with Gasteiger partial charge < -0.3 is 15.0 Å². The van der Waals surface area contributed by atoms with E-state index in [-0.39, 0.29) is 17.9 Å². The van der Waals surface area contributed by atoms with Crippen LogP contribution in [0.1, 0.15) is 44.7 Å². The number of fused-ring (bicyclic) bond motifs is 1. The number of nitrogens with one attached hydrogen (secondary N) is 1. The Hall–Kier alpha value is -2.83. The minimum atomic E-state index is -0.417. The molecular weight excluding hydrogens is 368 g/mol. The molecule has 7 nitrogen and oxygen atoms in total. The average molecular weight is 396 g/mol. The van der Waals surface area contributed by atoms with Crippen molar-refractivity contribution in [1.29, 1.82) is 0 Å². The van der Waals surface area contributed by atoms with E-state index in [0.29, 0.717) is 31.8 Å². The highest BCUT2D eigenvalue weighted by atomic mass is 16.5. The summed E-state index contributed by atoms with van der Waals surface area (Å²) in [6.45, 7) is 5.38. The van der Waals surface area contributed by atoms with E-state index in [0.717, 1.165) is 30.0 Å². The largest absolute Gasteiger partial charge is 0.480 e. The highest BCUT2D eigenvalue weighted by molar-refractivity contribution is 5.90. The number of carbonyl (C=O) groups is 2. The smallest absolute Gasteiger partial charge is 0.263 e. The Morgan fingerprint density at radius 3 is 2.69 bits per heavy atom. The third-order valence-corrected chi connectivity index (χ3v) is 5.58. The number of hydrogen-bond acceptors (Lipinski definition) is 4. The number of piperidine rings is 1. The lowest BCUT2D eigenvalue weighted by molar-refractivity contribution is -0.139. The van der Waals surface area contributed by atoms with Gasteiger partial charge >= 0.3 is 0 Å². The number of ether oxygens (including phenoxy) is 1. The number of amides is 2. The van der Waals surface area contributed by atoms with Gasteiger partial charge in [-0.15, -0.1) is 0 Å². The second kappa shape index (κ2) is 8.27. The molecule has 2 aromatic rings. The predicted molar refractivity (Wildman–Crippen MR) is 110 cm³/mol. The van der Waals surface area contributed by atoms with Crippen LogP contribution in [0.15, 0.2) is 36.5 Å². The van der Waals surface area contributed by atoms with E-state index < -0.39 is 6.10 Å². The van der Waals surface area contributed by atoms with Crippen molar-refractivity contribution in [1.82, 2.24) is 14.7 Å². The molecule has 2 aliphatic rings. The fourth-order valence-corrected chi connectivity index (χ4v) is 4.12. The van der Waals surface area contributed by atoms with Crippen molar-refractivity contribution in [2.24, 2.45) is 5.92 Å². The molecular formula is C22H28N4O3. The number of para-hydroxylation sites is 1. The molecule has 0 spiro atoms. The molecule has 1 aromatic carbocycles. The Bertz CT molecular complexity index is 859. The lowest BCUT2D eigenvalue weighted by Crippen LogP contribution is -2.45. The normalized spacial score (nSPS) is 19.1. The summed E-state index contributed by atoms with van der Waals surface area (Å²) in [5.41, 5.74) is 1.10. The number of likely N-dealkylation sites (tertiary alicyclic amines) is 1. The molecule has 0 radical (unpaired) electrons. The monoisotopic (exact) mass is 396 g/mol. The molecule has 0 bridgehead atoms. The van der Waals surface area contributed by atoms with Crippen LogP contribution >= 0.6 is 0 Å². The van der Waals surface area contributed by atoms with Crippen LogP contribution in [0.2, 0.25) is 0 Å². The third kappa shape index (κ3) is 4.28. The number of anilines is 1. The van der Waals surface area contributed by atoms with Crippen LogP contribution in [0, 0.1) is 5.92 Å². The fraction of sp³-hybridized carbons (Fsp3) is 0.500. The quantitative estimate of drug-likeness (QED) is 0.843. The van der Waals surface area contributed by atoms with Gasteiger partial charge in [0.05, 0.1) is 12.2 Å². The second-order valence-corrected chi connectivity index (χ2v) is 8.28. The second-order valence-electron chi connectivity index (χ2n) is 8.28. The topological polar surface area (TPSA) is 76.5 Å². The number of aromatic nitrogens is 2. The zero-order valence-electron chi connectivity index (χ0n) is 17.0. The highest BCUT2D eigenvalue weighted by Gasteiger charge is 2.34. The maximum atomic E-state index is 12.9. The van der Waals surface area contributed by atoms with E-state index >= 15 is 0 Å². The summed E-state index contributed by atoms with van der Waals surface area (Å²) in [5, 5.41) is 7.39. The van der Waals surface area contributed by atoms with E-state index in [9.17, 15) is 9.59 Å². The van der Waals surface area contributed by atoms with Gasteiger partial charge in [-0.2, -0.15) is 5.10 Å². The van der Waals surface area contributed by atoms with Gasteiger partial charge in [-0.25, -0.2) is 4.68 Å². The molecule has 3 heterocycles. The van der Waals surface area contributed by atoms with Crippen LogP contribution in [0.25, 0.3) is 0 Å². The number of hydrogen-bond donors (Lipinski definition) is 1. The Morgan fingerprint density at radius 2 is 1.97 bits per heavy atom. The van der Waals surface area contributed by atoms with Crippen molar-refractivity contribution >= 4 is 17.6 Å². The number of carbonyl (C=O) groups excluding carboxylic acids is 2. The van der Waals surface area contributed by atoms with Crippen molar-refractivity contribution in [3.8, 4) is 5.75 Å². The lowest BCUT2D eigenvalue weighted by atomic mass is 10.0. The van der Waals surface area contributed by atoms with Gasteiger partial charge in [0, 0.05) is 32.0 Å². The van der Waals surface area contributed by atoms with E-state index in [1.165, 1.54) is 0 Å². The van der Waals surface area contributed by atoms with E-state index in [1.807, 2.05) is 53.8 Å². The molecule has 1 aromatic heterocycles. The van der Waals surface area contributed by atoms with Crippen molar-refractivity contribution in [3.63, 3.8) is 0 Å². The molecule has 1 unspecified atom stereocenters. The SMILES string of the molecule is CC(C)CC(=O)Nc1ccnn1C1CCN(C(=O)C2Cc3ccccc3O2)CC1. The first kappa shape index (κ1) is 19.5. The molecule has 7 heteroatoms. The van der Waals surface area contributed by atoms with Gasteiger partial charge in [0.25, 0.3) is 5.91 Å². The molecule has 0 aliphatic carbocycles. The third-order valence-electron chi connectivity index (χ3n) is 5.58. The van der Waals surface area contributed by atoms with Crippen molar-refractivity contribution < 1.29 is 14.3 Å². The Balaban J connectivity index is 1.33. The average Bonchev–Trinajstić information content (AvgIpc) is 3.33. The predicted octanol–water partition coefficient (Wildman–Crippen LogP) is 3.03. The minimum Gasteiger partial charge on any atom is -0.480 e. The van der Waals surface area contributed by atoms with Gasteiger partial charge in [-0.1, -0.05) is 32.0 Å². The molecule has 1 fully saturated rings. The Kier molecular flexibility index (Phi) is 5.56. The van der Waals surface area contributed by atoms with Gasteiger partial charge in [0.2, 0.25) is 5.91 Å². The number of nitrogens with zero attached hydrogens (tertiary/aromatic N) is 3. The highest BCUT2D eigenvalue weighted by Crippen LogP contribution is 2.31.